The van der Waals surface area contributed by atoms with Crippen molar-refractivity contribution < 1.29 is 9.53 Å². The third-order valence-electron chi connectivity index (χ3n) is 3.12. The molecule has 1 fully saturated rings. The molecule has 0 aromatic carbocycles. The average Bonchev–Trinajstić information content (AvgIpc) is 2.96. The summed E-state index contributed by atoms with van der Waals surface area (Å²) in [4.78, 5) is 18.9. The van der Waals surface area contributed by atoms with E-state index in [4.69, 9.17) is 4.74 Å². The van der Waals surface area contributed by atoms with Crippen molar-refractivity contribution in [2.45, 2.75) is 13.3 Å². The summed E-state index contributed by atoms with van der Waals surface area (Å²) in [6.45, 7) is 5.11. The van der Waals surface area contributed by atoms with Crippen molar-refractivity contribution in [1.29, 1.82) is 0 Å². The Balaban J connectivity index is 1.49. The van der Waals surface area contributed by atoms with E-state index in [9.17, 15) is 4.79 Å². The van der Waals surface area contributed by atoms with Crippen LogP contribution in [0.25, 0.3) is 4.96 Å². The molecule has 1 saturated heterocycles. The van der Waals surface area contributed by atoms with Crippen LogP contribution in [0.3, 0.4) is 0 Å². The summed E-state index contributed by atoms with van der Waals surface area (Å²) in [7, 11) is 0. The minimum atomic E-state index is -0.0227. The zero-order chi connectivity index (χ0) is 13.9. The summed E-state index contributed by atoms with van der Waals surface area (Å²) in [6.07, 6.45) is 2.63. The van der Waals surface area contributed by atoms with Crippen molar-refractivity contribution in [3.05, 3.63) is 16.9 Å². The first-order chi connectivity index (χ1) is 9.72. The number of nitrogens with one attached hydrogen (secondary N) is 1. The molecule has 20 heavy (non-hydrogen) atoms. The van der Waals surface area contributed by atoms with Crippen LogP contribution in [0.2, 0.25) is 0 Å². The van der Waals surface area contributed by atoms with E-state index in [1.165, 1.54) is 0 Å². The fraction of sp³-hybridized carbons (Fsp3) is 0.583. The van der Waals surface area contributed by atoms with Crippen LogP contribution < -0.4 is 5.32 Å². The van der Waals surface area contributed by atoms with Crippen LogP contribution >= 0.6 is 11.3 Å². The second-order valence-electron chi connectivity index (χ2n) is 4.69. The van der Waals surface area contributed by atoms with Gasteiger partial charge in [0.1, 0.15) is 5.01 Å². The standard InChI is InChI=1S/C12H17N5O2S/c1-9-8-17-12(14-9)20-10(15-17)2-3-13-11(18)16-4-6-19-7-5-16/h8H,2-7H2,1H3,(H,13,18). The molecule has 0 spiro atoms. The number of carbonyl (C=O) groups is 1. The normalized spacial score (nSPS) is 15.8. The minimum absolute atomic E-state index is 0.0227. The van der Waals surface area contributed by atoms with Gasteiger partial charge in [-0.15, -0.1) is 0 Å². The van der Waals surface area contributed by atoms with E-state index in [1.807, 2.05) is 13.1 Å². The molecule has 2 amide bonds. The second-order valence-corrected chi connectivity index (χ2v) is 5.73. The van der Waals surface area contributed by atoms with Gasteiger partial charge in [0.2, 0.25) is 4.96 Å². The van der Waals surface area contributed by atoms with Crippen LogP contribution in [0, 0.1) is 6.92 Å². The van der Waals surface area contributed by atoms with Crippen molar-refractivity contribution in [2.24, 2.45) is 0 Å². The Morgan fingerprint density at radius 3 is 3.05 bits per heavy atom. The summed E-state index contributed by atoms with van der Waals surface area (Å²) in [5.41, 5.74) is 0.968. The van der Waals surface area contributed by atoms with Crippen molar-refractivity contribution in [2.75, 3.05) is 32.8 Å². The lowest BCUT2D eigenvalue weighted by Gasteiger charge is -2.26. The summed E-state index contributed by atoms with van der Waals surface area (Å²) in [5, 5.41) is 8.33. The molecule has 1 N–H and O–H groups in total. The first-order valence-electron chi connectivity index (χ1n) is 6.64. The summed E-state index contributed by atoms with van der Waals surface area (Å²) < 4.78 is 7.01. The van der Waals surface area contributed by atoms with Gasteiger partial charge in [-0.05, 0) is 6.92 Å². The van der Waals surface area contributed by atoms with Gasteiger partial charge in [0, 0.05) is 26.1 Å². The maximum atomic E-state index is 11.9. The molecule has 0 unspecified atom stereocenters. The lowest BCUT2D eigenvalue weighted by atomic mass is 10.4. The highest BCUT2D eigenvalue weighted by Gasteiger charge is 2.16. The zero-order valence-corrected chi connectivity index (χ0v) is 12.2. The van der Waals surface area contributed by atoms with Gasteiger partial charge in [-0.3, -0.25) is 0 Å². The Morgan fingerprint density at radius 2 is 2.30 bits per heavy atom. The Bertz CT molecular complexity index is 571. The molecule has 0 saturated carbocycles. The van der Waals surface area contributed by atoms with E-state index in [0.717, 1.165) is 22.1 Å². The first-order valence-corrected chi connectivity index (χ1v) is 7.46. The van der Waals surface area contributed by atoms with Gasteiger partial charge in [0.05, 0.1) is 25.1 Å². The second kappa shape index (κ2) is 5.76. The molecule has 3 rings (SSSR count). The van der Waals surface area contributed by atoms with Crippen molar-refractivity contribution in [3.8, 4) is 0 Å². The number of rotatable bonds is 3. The van der Waals surface area contributed by atoms with Crippen LogP contribution in [0.1, 0.15) is 10.7 Å². The maximum absolute atomic E-state index is 11.9. The van der Waals surface area contributed by atoms with Gasteiger partial charge in [-0.1, -0.05) is 11.3 Å². The van der Waals surface area contributed by atoms with E-state index >= 15 is 0 Å². The summed E-state index contributed by atoms with van der Waals surface area (Å²) >= 11 is 1.56. The molecule has 0 bridgehead atoms. The predicted molar refractivity (Wildman–Crippen MR) is 75.1 cm³/mol. The Hall–Kier alpha value is -1.67. The van der Waals surface area contributed by atoms with Gasteiger partial charge in [-0.2, -0.15) is 5.10 Å². The fourth-order valence-electron chi connectivity index (χ4n) is 2.11. The number of imidazole rings is 1. The van der Waals surface area contributed by atoms with E-state index < -0.39 is 0 Å². The highest BCUT2D eigenvalue weighted by Crippen LogP contribution is 2.14. The zero-order valence-electron chi connectivity index (χ0n) is 11.3. The average molecular weight is 295 g/mol. The molecule has 1 aliphatic rings. The summed E-state index contributed by atoms with van der Waals surface area (Å²) in [6, 6.07) is -0.0227. The van der Waals surface area contributed by atoms with E-state index in [0.29, 0.717) is 32.8 Å². The van der Waals surface area contributed by atoms with Crippen LogP contribution in [0.5, 0.6) is 0 Å². The topological polar surface area (TPSA) is 71.8 Å². The van der Waals surface area contributed by atoms with Crippen LogP contribution in [0.15, 0.2) is 6.20 Å². The quantitative estimate of drug-likeness (QED) is 0.904. The number of ether oxygens (including phenoxy) is 1. The number of morpholine rings is 1. The van der Waals surface area contributed by atoms with Crippen molar-refractivity contribution in [1.82, 2.24) is 24.8 Å². The lowest BCUT2D eigenvalue weighted by molar-refractivity contribution is 0.0533. The Kier molecular flexibility index (Phi) is 3.83. The number of aryl methyl sites for hydroxylation is 1. The van der Waals surface area contributed by atoms with Crippen molar-refractivity contribution >= 4 is 22.3 Å². The molecule has 2 aromatic heterocycles. The monoisotopic (exact) mass is 295 g/mol. The van der Waals surface area contributed by atoms with Crippen LogP contribution in [-0.2, 0) is 11.2 Å². The van der Waals surface area contributed by atoms with E-state index in [1.54, 1.807) is 20.8 Å². The number of hydrogen-bond acceptors (Lipinski definition) is 5. The van der Waals surface area contributed by atoms with E-state index in [-0.39, 0.29) is 6.03 Å². The van der Waals surface area contributed by atoms with Gasteiger partial charge < -0.3 is 15.0 Å². The molecule has 0 atom stereocenters. The maximum Gasteiger partial charge on any atom is 0.317 e. The Morgan fingerprint density at radius 1 is 1.50 bits per heavy atom. The summed E-state index contributed by atoms with van der Waals surface area (Å²) in [5.74, 6) is 0. The number of nitrogens with zero attached hydrogens (tertiary/aromatic N) is 4. The minimum Gasteiger partial charge on any atom is -0.378 e. The van der Waals surface area contributed by atoms with Gasteiger partial charge in [0.15, 0.2) is 0 Å². The molecule has 0 radical (unpaired) electrons. The third kappa shape index (κ3) is 2.91. The number of urea groups is 1. The molecule has 8 heteroatoms. The SMILES string of the molecule is Cc1cn2nc(CCNC(=O)N3CCOCC3)sc2n1. The number of aromatic nitrogens is 3. The van der Waals surface area contributed by atoms with Crippen LogP contribution in [0.4, 0.5) is 4.79 Å². The largest absolute Gasteiger partial charge is 0.378 e. The van der Waals surface area contributed by atoms with Gasteiger partial charge in [0.25, 0.3) is 0 Å². The molecule has 2 aromatic rings. The Labute approximate surface area is 120 Å². The highest BCUT2D eigenvalue weighted by atomic mass is 32.1. The fourth-order valence-corrected chi connectivity index (χ4v) is 3.03. The van der Waals surface area contributed by atoms with E-state index in [2.05, 4.69) is 15.4 Å². The molecule has 1 aliphatic heterocycles. The molecular formula is C12H17N5O2S. The first kappa shape index (κ1) is 13.3. The highest BCUT2D eigenvalue weighted by molar-refractivity contribution is 7.16. The molecule has 7 nitrogen and oxygen atoms in total. The van der Waals surface area contributed by atoms with Gasteiger partial charge >= 0.3 is 6.03 Å². The number of amides is 2. The molecule has 108 valence electrons. The smallest absolute Gasteiger partial charge is 0.317 e. The molecule has 3 heterocycles. The number of carbonyl (C=O) groups excluding carboxylic acids is 1. The lowest BCUT2D eigenvalue weighted by Crippen LogP contribution is -2.46. The van der Waals surface area contributed by atoms with Crippen LogP contribution in [-0.4, -0.2) is 58.4 Å². The van der Waals surface area contributed by atoms with Gasteiger partial charge in [-0.25, -0.2) is 14.3 Å². The number of fused-ring (bicyclic) bond motifs is 1. The number of hydrogen-bond donors (Lipinski definition) is 1. The third-order valence-corrected chi connectivity index (χ3v) is 4.10. The van der Waals surface area contributed by atoms with Crippen molar-refractivity contribution in [3.63, 3.8) is 0 Å². The predicted octanol–water partition coefficient (Wildman–Crippen LogP) is 0.684. The molecule has 0 aliphatic carbocycles. The molecular weight excluding hydrogens is 278 g/mol.